The van der Waals surface area contributed by atoms with Crippen molar-refractivity contribution < 1.29 is 9.53 Å². The van der Waals surface area contributed by atoms with Crippen molar-refractivity contribution in [2.75, 3.05) is 6.61 Å². The number of hydrogen-bond donors (Lipinski definition) is 1. The quantitative estimate of drug-likeness (QED) is 0.408. The number of carbonyl (C=O) groups is 1. The van der Waals surface area contributed by atoms with Crippen molar-refractivity contribution in [1.82, 2.24) is 9.55 Å². The molecular weight excluding hydrogens is 445 g/mol. The number of aromatic nitrogens is 2. The van der Waals surface area contributed by atoms with Crippen LogP contribution in [0.3, 0.4) is 0 Å². The first-order chi connectivity index (χ1) is 14.5. The third-order valence-electron chi connectivity index (χ3n) is 4.59. The van der Waals surface area contributed by atoms with Gasteiger partial charge in [0.05, 0.1) is 28.2 Å². The second-order valence-corrected chi connectivity index (χ2v) is 7.80. The van der Waals surface area contributed by atoms with Crippen LogP contribution in [0.2, 0.25) is 15.1 Å². The summed E-state index contributed by atoms with van der Waals surface area (Å²) in [6.45, 7) is 0.104. The van der Waals surface area contributed by atoms with Crippen molar-refractivity contribution in [2.45, 2.75) is 6.54 Å². The number of benzene rings is 3. The van der Waals surface area contributed by atoms with E-state index in [1.807, 2.05) is 34.9 Å². The van der Waals surface area contributed by atoms with Crippen LogP contribution in [-0.4, -0.2) is 22.1 Å². The molecule has 0 atom stereocenters. The number of carbonyl (C=O) groups excluding carboxylic acids is 1. The Bertz CT molecular complexity index is 1230. The van der Waals surface area contributed by atoms with E-state index in [9.17, 15) is 4.79 Å². The van der Waals surface area contributed by atoms with E-state index in [1.165, 1.54) is 0 Å². The summed E-state index contributed by atoms with van der Waals surface area (Å²) in [5.41, 5.74) is 8.14. The van der Waals surface area contributed by atoms with Gasteiger partial charge in [0.2, 0.25) is 0 Å². The molecule has 1 aromatic heterocycles. The van der Waals surface area contributed by atoms with E-state index in [1.54, 1.807) is 30.3 Å². The highest BCUT2D eigenvalue weighted by atomic mass is 35.5. The van der Waals surface area contributed by atoms with Gasteiger partial charge in [-0.25, -0.2) is 4.98 Å². The normalized spacial score (nSPS) is 11.0. The van der Waals surface area contributed by atoms with Gasteiger partial charge in [-0.15, -0.1) is 0 Å². The molecule has 0 aliphatic carbocycles. The maximum absolute atomic E-state index is 11.2. The molecule has 0 aliphatic heterocycles. The summed E-state index contributed by atoms with van der Waals surface area (Å²) in [7, 11) is 0. The Morgan fingerprint density at radius 2 is 1.60 bits per heavy atom. The molecule has 30 heavy (non-hydrogen) atoms. The fraction of sp³-hybridized carbons (Fsp3) is 0.0909. The summed E-state index contributed by atoms with van der Waals surface area (Å²) in [5.74, 6) is 0.521. The minimum absolute atomic E-state index is 0.242. The monoisotopic (exact) mass is 459 g/mol. The number of nitrogens with zero attached hydrogens (tertiary/aromatic N) is 2. The number of primary amides is 1. The number of amides is 1. The molecule has 0 radical (unpaired) electrons. The predicted molar refractivity (Wildman–Crippen MR) is 120 cm³/mol. The molecule has 1 amide bonds. The number of para-hydroxylation sites is 2. The van der Waals surface area contributed by atoms with E-state index >= 15 is 0 Å². The van der Waals surface area contributed by atoms with Crippen molar-refractivity contribution in [1.29, 1.82) is 0 Å². The highest BCUT2D eigenvalue weighted by Gasteiger charge is 2.20. The number of ether oxygens (including phenoxy) is 1. The number of rotatable bonds is 6. The van der Waals surface area contributed by atoms with Crippen LogP contribution in [0.1, 0.15) is 5.56 Å². The van der Waals surface area contributed by atoms with E-state index in [2.05, 4.69) is 0 Å². The molecule has 5 nitrogen and oxygen atoms in total. The fourth-order valence-electron chi connectivity index (χ4n) is 3.27. The van der Waals surface area contributed by atoms with Gasteiger partial charge in [0, 0.05) is 15.6 Å². The largest absolute Gasteiger partial charge is 0.483 e. The minimum atomic E-state index is -0.566. The third kappa shape index (κ3) is 3.97. The average molecular weight is 461 g/mol. The Morgan fingerprint density at radius 1 is 0.933 bits per heavy atom. The Labute approximate surface area is 187 Å². The SMILES string of the molecule is NC(=O)COc1ccccc1-c1nc2cccc(Cl)c2n1Cc1c(Cl)cccc1Cl. The van der Waals surface area contributed by atoms with Gasteiger partial charge in [-0.05, 0) is 36.4 Å². The zero-order chi connectivity index (χ0) is 21.3. The number of hydrogen-bond acceptors (Lipinski definition) is 3. The van der Waals surface area contributed by atoms with E-state index in [-0.39, 0.29) is 6.61 Å². The minimum Gasteiger partial charge on any atom is -0.483 e. The molecule has 0 saturated heterocycles. The van der Waals surface area contributed by atoms with Gasteiger partial charge in [-0.1, -0.05) is 59.1 Å². The van der Waals surface area contributed by atoms with Gasteiger partial charge < -0.3 is 15.0 Å². The summed E-state index contributed by atoms with van der Waals surface area (Å²) >= 11 is 19.4. The molecule has 0 aliphatic rings. The van der Waals surface area contributed by atoms with Crippen molar-refractivity contribution in [3.05, 3.63) is 81.3 Å². The molecule has 4 rings (SSSR count). The van der Waals surface area contributed by atoms with E-state index < -0.39 is 5.91 Å². The lowest BCUT2D eigenvalue weighted by molar-refractivity contribution is -0.119. The maximum Gasteiger partial charge on any atom is 0.255 e. The van der Waals surface area contributed by atoms with Crippen molar-refractivity contribution in [3.8, 4) is 17.1 Å². The molecule has 0 bridgehead atoms. The third-order valence-corrected chi connectivity index (χ3v) is 5.61. The topological polar surface area (TPSA) is 70.1 Å². The molecule has 8 heteroatoms. The Kier molecular flexibility index (Phi) is 5.86. The molecule has 2 N–H and O–H groups in total. The van der Waals surface area contributed by atoms with Gasteiger partial charge in [-0.3, -0.25) is 4.79 Å². The van der Waals surface area contributed by atoms with Gasteiger partial charge in [0.15, 0.2) is 6.61 Å². The molecule has 4 aromatic rings. The lowest BCUT2D eigenvalue weighted by atomic mass is 10.1. The highest BCUT2D eigenvalue weighted by Crippen LogP contribution is 2.36. The van der Waals surface area contributed by atoms with Crippen molar-refractivity contribution in [3.63, 3.8) is 0 Å². The molecule has 1 heterocycles. The fourth-order valence-corrected chi connectivity index (χ4v) is 4.06. The average Bonchev–Trinajstić information content (AvgIpc) is 3.09. The first-order valence-electron chi connectivity index (χ1n) is 9.04. The van der Waals surface area contributed by atoms with Crippen LogP contribution in [0.25, 0.3) is 22.4 Å². The van der Waals surface area contributed by atoms with Gasteiger partial charge >= 0.3 is 0 Å². The summed E-state index contributed by atoms with van der Waals surface area (Å²) in [6, 6.07) is 18.2. The molecule has 0 unspecified atom stereocenters. The molecule has 0 spiro atoms. The molecule has 0 saturated carbocycles. The van der Waals surface area contributed by atoms with E-state index in [0.717, 1.165) is 11.1 Å². The Hall–Kier alpha value is -2.73. The highest BCUT2D eigenvalue weighted by molar-refractivity contribution is 6.36. The first-order valence-corrected chi connectivity index (χ1v) is 10.2. The Balaban J connectivity index is 1.93. The summed E-state index contributed by atoms with van der Waals surface area (Å²) in [6.07, 6.45) is 0. The first kappa shape index (κ1) is 20.5. The second kappa shape index (κ2) is 8.56. The number of halogens is 3. The van der Waals surface area contributed by atoms with Crippen molar-refractivity contribution >= 4 is 51.7 Å². The zero-order valence-electron chi connectivity index (χ0n) is 15.6. The predicted octanol–water partition coefficient (Wildman–Crippen LogP) is 5.58. The lowest BCUT2D eigenvalue weighted by Gasteiger charge is -2.15. The van der Waals surface area contributed by atoms with Crippen LogP contribution < -0.4 is 10.5 Å². The van der Waals surface area contributed by atoms with E-state index in [4.69, 9.17) is 50.3 Å². The van der Waals surface area contributed by atoms with Gasteiger partial charge in [0.25, 0.3) is 5.91 Å². The summed E-state index contributed by atoms with van der Waals surface area (Å²) in [4.78, 5) is 16.0. The standard InChI is InChI=1S/C22H16Cl3N3O2/c23-15-6-3-7-16(24)14(15)11-28-21-17(25)8-4-9-18(21)27-22(28)13-5-1-2-10-19(13)30-12-20(26)29/h1-10H,11-12H2,(H2,26,29). The Morgan fingerprint density at radius 3 is 2.33 bits per heavy atom. The number of imidazole rings is 1. The second-order valence-electron chi connectivity index (χ2n) is 6.58. The van der Waals surface area contributed by atoms with Crippen LogP contribution in [0, 0.1) is 0 Å². The maximum atomic E-state index is 11.2. The van der Waals surface area contributed by atoms with Gasteiger partial charge in [-0.2, -0.15) is 0 Å². The summed E-state index contributed by atoms with van der Waals surface area (Å²) in [5, 5.41) is 1.63. The molecular formula is C22H16Cl3N3O2. The van der Waals surface area contributed by atoms with Gasteiger partial charge in [0.1, 0.15) is 11.6 Å². The molecule has 3 aromatic carbocycles. The number of nitrogens with two attached hydrogens (primary N) is 1. The van der Waals surface area contributed by atoms with Crippen LogP contribution in [0.15, 0.2) is 60.7 Å². The molecule has 0 fully saturated rings. The smallest absolute Gasteiger partial charge is 0.255 e. The number of fused-ring (bicyclic) bond motifs is 1. The van der Waals surface area contributed by atoms with Crippen LogP contribution in [0.5, 0.6) is 5.75 Å². The zero-order valence-corrected chi connectivity index (χ0v) is 17.9. The van der Waals surface area contributed by atoms with Crippen molar-refractivity contribution in [2.24, 2.45) is 5.73 Å². The van der Waals surface area contributed by atoms with E-state index in [0.29, 0.717) is 44.3 Å². The van der Waals surface area contributed by atoms with Crippen LogP contribution in [-0.2, 0) is 11.3 Å². The lowest BCUT2D eigenvalue weighted by Crippen LogP contribution is -2.20. The molecule has 152 valence electrons. The van der Waals surface area contributed by atoms with Crippen LogP contribution >= 0.6 is 34.8 Å². The van der Waals surface area contributed by atoms with Crippen LogP contribution in [0.4, 0.5) is 0 Å². The summed E-state index contributed by atoms with van der Waals surface area (Å²) < 4.78 is 7.56.